The van der Waals surface area contributed by atoms with E-state index < -0.39 is 23.6 Å². The summed E-state index contributed by atoms with van der Waals surface area (Å²) in [6.07, 6.45) is 2.86. The van der Waals surface area contributed by atoms with Crippen LogP contribution in [-0.2, 0) is 15.8 Å². The van der Waals surface area contributed by atoms with E-state index in [1.807, 2.05) is 12.1 Å². The molecule has 0 aliphatic heterocycles. The molecular weight excluding hydrogens is 565 g/mol. The Bertz CT molecular complexity index is 1580. The monoisotopic (exact) mass is 588 g/mol. The largest absolute Gasteiger partial charge is 0.491 e. The van der Waals surface area contributed by atoms with Gasteiger partial charge in [-0.05, 0) is 44.2 Å². The van der Waals surface area contributed by atoms with Crippen molar-refractivity contribution in [3.05, 3.63) is 77.9 Å². The molecule has 0 bridgehead atoms. The Morgan fingerprint density at radius 1 is 0.902 bits per heavy atom. The van der Waals surface area contributed by atoms with Gasteiger partial charge in [0.1, 0.15) is 18.4 Å². The molecule has 2 heterocycles. The van der Waals surface area contributed by atoms with Gasteiger partial charge in [0.05, 0.1) is 11.7 Å². The summed E-state index contributed by atoms with van der Waals surface area (Å²) in [4.78, 5) is 29.3. The average molecular weight is 589 g/mol. The van der Waals surface area contributed by atoms with Crippen molar-refractivity contribution in [3.8, 4) is 28.5 Å². The number of halogens is 4. The molecule has 11 nitrogen and oxygen atoms in total. The first kappa shape index (κ1) is 30.6. The van der Waals surface area contributed by atoms with Crippen LogP contribution in [0, 0.1) is 0 Å². The van der Waals surface area contributed by atoms with Crippen molar-refractivity contribution in [2.75, 3.05) is 0 Å². The van der Waals surface area contributed by atoms with E-state index in [1.165, 1.54) is 46.6 Å². The lowest BCUT2D eigenvalue weighted by molar-refractivity contribution is -0.137. The third-order valence-electron chi connectivity index (χ3n) is 4.75. The molecule has 0 aliphatic rings. The second-order valence-corrected chi connectivity index (χ2v) is 8.89. The number of hydrogen-bond acceptors (Lipinski definition) is 7. The number of hydrogen-bond donors (Lipinski definition) is 2. The molecule has 41 heavy (non-hydrogen) atoms. The van der Waals surface area contributed by atoms with Crippen molar-refractivity contribution in [2.24, 2.45) is 11.5 Å². The molecule has 0 radical (unpaired) electrons. The number of amides is 2. The third-order valence-corrected chi connectivity index (χ3v) is 4.98. The lowest BCUT2D eigenvalue weighted by Crippen LogP contribution is -2.09. The molecule has 4 rings (SSSR count). The first-order valence-corrected chi connectivity index (χ1v) is 12.1. The zero-order valence-corrected chi connectivity index (χ0v) is 22.4. The van der Waals surface area contributed by atoms with Crippen molar-refractivity contribution >= 4 is 35.8 Å². The SMILES string of the molecule is CC(C)Oc1cc(-c2ncn(C=CC(N)=O)n2)cc(C(F)(F)F)c1.NC(=O)/C=C/n1cnc(-c2cccc(Cl)c2)n1. The quantitative estimate of drug-likeness (QED) is 0.291. The first-order valence-electron chi connectivity index (χ1n) is 11.7. The summed E-state index contributed by atoms with van der Waals surface area (Å²) in [5.74, 6) is -0.562. The van der Waals surface area contributed by atoms with Crippen LogP contribution in [-0.4, -0.2) is 47.4 Å². The van der Waals surface area contributed by atoms with Crippen molar-refractivity contribution in [3.63, 3.8) is 0 Å². The highest BCUT2D eigenvalue weighted by atomic mass is 35.5. The fourth-order valence-corrected chi connectivity index (χ4v) is 3.31. The number of carbonyl (C=O) groups is 2. The second kappa shape index (κ2) is 13.4. The summed E-state index contributed by atoms with van der Waals surface area (Å²) in [7, 11) is 0. The predicted octanol–water partition coefficient (Wildman–Crippen LogP) is 4.26. The van der Waals surface area contributed by atoms with Crippen LogP contribution in [0.3, 0.4) is 0 Å². The van der Waals surface area contributed by atoms with Gasteiger partial charge < -0.3 is 16.2 Å². The molecule has 2 aromatic carbocycles. The molecule has 2 aromatic heterocycles. The molecule has 4 N–H and O–H groups in total. The first-order chi connectivity index (χ1) is 19.3. The highest BCUT2D eigenvalue weighted by Crippen LogP contribution is 2.35. The lowest BCUT2D eigenvalue weighted by atomic mass is 10.1. The Morgan fingerprint density at radius 2 is 1.46 bits per heavy atom. The van der Waals surface area contributed by atoms with Crippen molar-refractivity contribution < 1.29 is 27.5 Å². The van der Waals surface area contributed by atoms with E-state index in [1.54, 1.807) is 26.0 Å². The molecule has 0 fully saturated rings. The maximum atomic E-state index is 13.1. The van der Waals surface area contributed by atoms with Crippen LogP contribution < -0.4 is 16.2 Å². The molecule has 214 valence electrons. The zero-order valence-electron chi connectivity index (χ0n) is 21.7. The van der Waals surface area contributed by atoms with Gasteiger partial charge in [-0.25, -0.2) is 19.3 Å². The number of primary amides is 2. The Hall–Kier alpha value is -4.98. The van der Waals surface area contributed by atoms with E-state index in [4.69, 9.17) is 27.8 Å². The fourth-order valence-electron chi connectivity index (χ4n) is 3.12. The normalized spacial score (nSPS) is 11.6. The summed E-state index contributed by atoms with van der Waals surface area (Å²) in [6, 6.07) is 10.5. The van der Waals surface area contributed by atoms with Crippen LogP contribution >= 0.6 is 11.6 Å². The van der Waals surface area contributed by atoms with E-state index in [0.29, 0.717) is 10.8 Å². The minimum atomic E-state index is -4.53. The summed E-state index contributed by atoms with van der Waals surface area (Å²) in [5.41, 5.74) is 10.0. The molecule has 0 saturated carbocycles. The van der Waals surface area contributed by atoms with Gasteiger partial charge in [-0.15, -0.1) is 10.2 Å². The molecule has 0 aliphatic carbocycles. The molecule has 4 aromatic rings. The summed E-state index contributed by atoms with van der Waals surface area (Å²) < 4.78 is 47.1. The maximum absolute atomic E-state index is 13.1. The van der Waals surface area contributed by atoms with Crippen LogP contribution in [0.1, 0.15) is 19.4 Å². The van der Waals surface area contributed by atoms with Gasteiger partial charge in [-0.2, -0.15) is 13.2 Å². The van der Waals surface area contributed by atoms with Crippen LogP contribution in [0.15, 0.2) is 67.3 Å². The van der Waals surface area contributed by atoms with Crippen molar-refractivity contribution in [1.82, 2.24) is 29.5 Å². The van der Waals surface area contributed by atoms with E-state index in [2.05, 4.69) is 20.2 Å². The topological polar surface area (TPSA) is 157 Å². The van der Waals surface area contributed by atoms with Crippen LogP contribution in [0.4, 0.5) is 13.2 Å². The Labute approximate surface area is 236 Å². The number of carbonyl (C=O) groups excluding carboxylic acids is 2. The highest BCUT2D eigenvalue weighted by Gasteiger charge is 2.32. The number of benzene rings is 2. The number of nitrogens with two attached hydrogens (primary N) is 2. The number of nitrogens with zero attached hydrogens (tertiary/aromatic N) is 6. The lowest BCUT2D eigenvalue weighted by Gasteiger charge is -2.14. The summed E-state index contributed by atoms with van der Waals surface area (Å²) in [6.45, 7) is 3.42. The van der Waals surface area contributed by atoms with Gasteiger partial charge in [-0.1, -0.05) is 23.7 Å². The average Bonchev–Trinajstić information content (AvgIpc) is 3.56. The predicted molar refractivity (Wildman–Crippen MR) is 146 cm³/mol. The highest BCUT2D eigenvalue weighted by molar-refractivity contribution is 6.30. The van der Waals surface area contributed by atoms with Crippen LogP contribution in [0.2, 0.25) is 5.02 Å². The van der Waals surface area contributed by atoms with E-state index in [-0.39, 0.29) is 23.2 Å². The summed E-state index contributed by atoms with van der Waals surface area (Å²) in [5, 5.41) is 8.75. The zero-order chi connectivity index (χ0) is 30.2. The maximum Gasteiger partial charge on any atom is 0.416 e. The Kier molecular flexibility index (Phi) is 9.98. The van der Waals surface area contributed by atoms with Gasteiger partial charge in [-0.3, -0.25) is 9.59 Å². The minimum absolute atomic E-state index is 0.0591. The van der Waals surface area contributed by atoms with E-state index >= 15 is 0 Å². The van der Waals surface area contributed by atoms with E-state index in [0.717, 1.165) is 23.8 Å². The Morgan fingerprint density at radius 3 is 1.95 bits per heavy atom. The van der Waals surface area contributed by atoms with Gasteiger partial charge in [0, 0.05) is 40.7 Å². The van der Waals surface area contributed by atoms with E-state index in [9.17, 15) is 22.8 Å². The Balaban J connectivity index is 0.000000239. The second-order valence-electron chi connectivity index (χ2n) is 8.45. The van der Waals surface area contributed by atoms with Gasteiger partial charge >= 0.3 is 6.18 Å². The summed E-state index contributed by atoms with van der Waals surface area (Å²) >= 11 is 5.87. The molecular formula is C26H24ClF3N8O3. The number of aromatic nitrogens is 6. The van der Waals surface area contributed by atoms with Crippen LogP contribution in [0.25, 0.3) is 35.2 Å². The molecule has 2 amide bonds. The molecule has 0 unspecified atom stereocenters. The van der Waals surface area contributed by atoms with Crippen LogP contribution in [0.5, 0.6) is 5.75 Å². The molecule has 0 saturated heterocycles. The smallest absolute Gasteiger partial charge is 0.416 e. The number of alkyl halides is 3. The van der Waals surface area contributed by atoms with Gasteiger partial charge in [0.15, 0.2) is 11.6 Å². The van der Waals surface area contributed by atoms with Crippen molar-refractivity contribution in [2.45, 2.75) is 26.1 Å². The minimum Gasteiger partial charge on any atom is -0.491 e. The molecule has 0 atom stereocenters. The van der Waals surface area contributed by atoms with Crippen molar-refractivity contribution in [1.29, 1.82) is 0 Å². The third kappa shape index (κ3) is 9.61. The number of ether oxygens (including phenoxy) is 1. The molecule has 0 spiro atoms. The molecule has 15 heteroatoms. The van der Waals surface area contributed by atoms with Gasteiger partial charge in [0.25, 0.3) is 0 Å². The number of rotatable bonds is 8. The standard InChI is InChI=1S/C15H15F3N4O2.C11H9ClN4O/c1-9(2)24-12-6-10(5-11(7-12)15(16,17)18)14-20-8-22(21-14)4-3-13(19)23;12-9-3-1-2-8(6-9)11-14-7-16(15-11)5-4-10(13)17/h3-9H,1-2H3,(H2,19,23);1-7H,(H2,13,17)/b;5-4+. The van der Waals surface area contributed by atoms with Gasteiger partial charge in [0.2, 0.25) is 11.8 Å². The fraction of sp³-hybridized carbons (Fsp3) is 0.154.